The van der Waals surface area contributed by atoms with E-state index in [1.54, 1.807) is 6.07 Å². The Bertz CT molecular complexity index is 1320. The fraction of sp³-hybridized carbons (Fsp3) is 0.400. The van der Waals surface area contributed by atoms with E-state index in [-0.39, 0.29) is 11.3 Å². The monoisotopic (exact) mass is 430 g/mol. The van der Waals surface area contributed by atoms with Crippen molar-refractivity contribution in [3.63, 3.8) is 0 Å². The number of nitrogens with one attached hydrogen (secondary N) is 1. The maximum atomic E-state index is 10.7. The van der Waals surface area contributed by atoms with E-state index in [2.05, 4.69) is 36.0 Å². The second-order valence-corrected chi connectivity index (χ2v) is 9.81. The minimum atomic E-state index is 0.111. The van der Waals surface area contributed by atoms with Gasteiger partial charge in [-0.05, 0) is 64.4 Å². The van der Waals surface area contributed by atoms with E-state index in [0.29, 0.717) is 17.3 Å². The van der Waals surface area contributed by atoms with E-state index >= 15 is 0 Å². The summed E-state index contributed by atoms with van der Waals surface area (Å²) in [5.41, 5.74) is 4.92. The van der Waals surface area contributed by atoms with Crippen molar-refractivity contribution >= 4 is 27.9 Å². The molecule has 1 saturated heterocycles. The van der Waals surface area contributed by atoms with Crippen LogP contribution in [0.5, 0.6) is 5.75 Å². The fourth-order valence-corrected chi connectivity index (χ4v) is 4.58. The van der Waals surface area contributed by atoms with Gasteiger partial charge in [0, 0.05) is 43.3 Å². The Labute approximate surface area is 188 Å². The Morgan fingerprint density at radius 3 is 2.53 bits per heavy atom. The number of phenols is 1. The van der Waals surface area contributed by atoms with Crippen LogP contribution in [-0.4, -0.2) is 49.3 Å². The van der Waals surface area contributed by atoms with Crippen LogP contribution in [0.2, 0.25) is 0 Å². The van der Waals surface area contributed by atoms with Crippen LogP contribution in [0.3, 0.4) is 0 Å². The van der Waals surface area contributed by atoms with Crippen molar-refractivity contribution in [1.29, 1.82) is 0 Å². The molecule has 0 spiro atoms. The molecule has 1 atom stereocenters. The smallest absolute Gasteiger partial charge is 0.129 e. The SMILES string of the molecule is Cc1nc2cc(-c3ccc4nc(N5CCC(NC(C)(C)C)C5)ccc4n3)c(O)cc2n1C. The number of imidazole rings is 1. The predicted molar refractivity (Wildman–Crippen MR) is 129 cm³/mol. The number of rotatable bonds is 3. The minimum absolute atomic E-state index is 0.111. The second-order valence-electron chi connectivity index (χ2n) is 9.81. The molecule has 4 aromatic rings. The first-order chi connectivity index (χ1) is 15.2. The highest BCUT2D eigenvalue weighted by atomic mass is 16.3. The third-order valence-corrected chi connectivity index (χ3v) is 6.17. The van der Waals surface area contributed by atoms with Crippen molar-refractivity contribution in [3.05, 3.63) is 42.2 Å². The average molecular weight is 431 g/mol. The highest BCUT2D eigenvalue weighted by Crippen LogP contribution is 2.33. The standard InChI is InChI=1S/C25H30N6O/c1-15-26-21-12-17(23(32)13-22(21)30(15)5)18-6-7-20-19(27-18)8-9-24(28-20)31-11-10-16(14-31)29-25(2,3)4/h6-9,12-13,16,29,32H,10-11,14H2,1-5H3. The Morgan fingerprint density at radius 2 is 1.75 bits per heavy atom. The van der Waals surface area contributed by atoms with E-state index in [1.807, 2.05) is 48.9 Å². The zero-order valence-electron chi connectivity index (χ0n) is 19.3. The molecule has 0 radical (unpaired) electrons. The molecule has 5 rings (SSSR count). The number of anilines is 1. The Hall–Kier alpha value is -3.19. The van der Waals surface area contributed by atoms with Gasteiger partial charge in [0.15, 0.2) is 0 Å². The van der Waals surface area contributed by atoms with Crippen LogP contribution in [0.25, 0.3) is 33.3 Å². The molecule has 0 bridgehead atoms. The van der Waals surface area contributed by atoms with Gasteiger partial charge in [-0.25, -0.2) is 15.0 Å². The molecule has 1 aromatic carbocycles. The van der Waals surface area contributed by atoms with Crippen molar-refractivity contribution in [2.75, 3.05) is 18.0 Å². The van der Waals surface area contributed by atoms with Crippen LogP contribution in [0.15, 0.2) is 36.4 Å². The zero-order valence-corrected chi connectivity index (χ0v) is 19.3. The Balaban J connectivity index is 1.44. The first-order valence-electron chi connectivity index (χ1n) is 11.1. The maximum absolute atomic E-state index is 10.7. The predicted octanol–water partition coefficient (Wildman–Crippen LogP) is 4.16. The van der Waals surface area contributed by atoms with Gasteiger partial charge in [0.2, 0.25) is 0 Å². The topological polar surface area (TPSA) is 79.1 Å². The average Bonchev–Trinajstić information content (AvgIpc) is 3.30. The first kappa shape index (κ1) is 20.7. The number of pyridine rings is 2. The summed E-state index contributed by atoms with van der Waals surface area (Å²) in [7, 11) is 1.95. The van der Waals surface area contributed by atoms with Crippen LogP contribution >= 0.6 is 0 Å². The molecule has 4 heterocycles. The molecule has 0 amide bonds. The maximum Gasteiger partial charge on any atom is 0.129 e. The van der Waals surface area contributed by atoms with Gasteiger partial charge in [-0.15, -0.1) is 0 Å². The minimum Gasteiger partial charge on any atom is -0.507 e. The van der Waals surface area contributed by atoms with Crippen LogP contribution in [0, 0.1) is 6.92 Å². The molecule has 1 aliphatic rings. The molecule has 1 aliphatic heterocycles. The molecule has 1 unspecified atom stereocenters. The molecule has 0 saturated carbocycles. The van der Waals surface area contributed by atoms with Crippen molar-refractivity contribution in [3.8, 4) is 17.0 Å². The summed E-state index contributed by atoms with van der Waals surface area (Å²) in [5, 5.41) is 14.3. The van der Waals surface area contributed by atoms with Gasteiger partial charge >= 0.3 is 0 Å². The molecular formula is C25H30N6O. The van der Waals surface area contributed by atoms with Crippen molar-refractivity contribution in [2.24, 2.45) is 7.05 Å². The summed E-state index contributed by atoms with van der Waals surface area (Å²) < 4.78 is 1.97. The number of benzene rings is 1. The summed E-state index contributed by atoms with van der Waals surface area (Å²) in [6, 6.07) is 12.1. The summed E-state index contributed by atoms with van der Waals surface area (Å²) >= 11 is 0. The third-order valence-electron chi connectivity index (χ3n) is 6.17. The number of nitrogens with zero attached hydrogens (tertiary/aromatic N) is 5. The summed E-state index contributed by atoms with van der Waals surface area (Å²) in [5.74, 6) is 2.09. The molecule has 7 nitrogen and oxygen atoms in total. The summed E-state index contributed by atoms with van der Waals surface area (Å²) in [6.45, 7) is 10.5. The number of hydrogen-bond acceptors (Lipinski definition) is 6. The zero-order chi connectivity index (χ0) is 22.6. The number of aromatic nitrogens is 4. The third kappa shape index (κ3) is 3.77. The van der Waals surface area contributed by atoms with E-state index < -0.39 is 0 Å². The Kier molecular flexibility index (Phi) is 4.82. The number of phenolic OH excluding ortho intramolecular Hbond substituents is 1. The number of fused-ring (bicyclic) bond motifs is 2. The normalized spacial score (nSPS) is 17.0. The van der Waals surface area contributed by atoms with Crippen LogP contribution < -0.4 is 10.2 Å². The summed E-state index contributed by atoms with van der Waals surface area (Å²) in [6.07, 6.45) is 1.11. The molecule has 7 heteroatoms. The Morgan fingerprint density at radius 1 is 1.00 bits per heavy atom. The lowest BCUT2D eigenvalue weighted by Crippen LogP contribution is -2.44. The van der Waals surface area contributed by atoms with Gasteiger partial charge in [0.25, 0.3) is 0 Å². The fourth-order valence-electron chi connectivity index (χ4n) is 4.58. The highest BCUT2D eigenvalue weighted by Gasteiger charge is 2.26. The van der Waals surface area contributed by atoms with Crippen LogP contribution in [-0.2, 0) is 7.05 Å². The first-order valence-corrected chi connectivity index (χ1v) is 11.1. The van der Waals surface area contributed by atoms with Gasteiger partial charge in [-0.2, -0.15) is 0 Å². The molecule has 2 N–H and O–H groups in total. The molecule has 1 fully saturated rings. The van der Waals surface area contributed by atoms with Crippen molar-refractivity contribution in [1.82, 2.24) is 24.8 Å². The lowest BCUT2D eigenvalue weighted by atomic mass is 10.1. The van der Waals surface area contributed by atoms with Gasteiger partial charge < -0.3 is 19.9 Å². The van der Waals surface area contributed by atoms with Gasteiger partial charge in [0.05, 0.1) is 27.8 Å². The quantitative estimate of drug-likeness (QED) is 0.508. The number of aromatic hydroxyl groups is 1. The largest absolute Gasteiger partial charge is 0.507 e. The van der Waals surface area contributed by atoms with Gasteiger partial charge in [0.1, 0.15) is 17.4 Å². The van der Waals surface area contributed by atoms with E-state index in [4.69, 9.17) is 9.97 Å². The second kappa shape index (κ2) is 7.45. The van der Waals surface area contributed by atoms with E-state index in [1.165, 1.54) is 0 Å². The van der Waals surface area contributed by atoms with E-state index in [9.17, 15) is 5.11 Å². The molecular weight excluding hydrogens is 400 g/mol. The lowest BCUT2D eigenvalue weighted by Gasteiger charge is -2.26. The van der Waals surface area contributed by atoms with Crippen LogP contribution in [0.4, 0.5) is 5.82 Å². The number of aryl methyl sites for hydroxylation is 2. The molecule has 166 valence electrons. The van der Waals surface area contributed by atoms with Gasteiger partial charge in [-0.3, -0.25) is 0 Å². The number of hydrogen-bond donors (Lipinski definition) is 2. The highest BCUT2D eigenvalue weighted by molar-refractivity contribution is 5.87. The van der Waals surface area contributed by atoms with Crippen molar-refractivity contribution < 1.29 is 5.11 Å². The summed E-state index contributed by atoms with van der Waals surface area (Å²) in [4.78, 5) is 16.6. The van der Waals surface area contributed by atoms with Crippen LogP contribution in [0.1, 0.15) is 33.0 Å². The van der Waals surface area contributed by atoms with Gasteiger partial charge in [-0.1, -0.05) is 0 Å². The molecule has 32 heavy (non-hydrogen) atoms. The molecule has 0 aliphatic carbocycles. The molecule has 3 aromatic heterocycles. The lowest BCUT2D eigenvalue weighted by molar-refractivity contribution is 0.373. The van der Waals surface area contributed by atoms with E-state index in [0.717, 1.165) is 53.2 Å². The van der Waals surface area contributed by atoms with Crippen molar-refractivity contribution in [2.45, 2.75) is 45.7 Å².